The SMILES string of the molecule is NC(=O)C1CCCCN1C(=O)NC(CC(=O)O)C1CC1. The largest absolute Gasteiger partial charge is 0.481 e. The van der Waals surface area contributed by atoms with E-state index in [1.165, 1.54) is 4.90 Å². The number of aliphatic carboxylic acids is 1. The average molecular weight is 283 g/mol. The Balaban J connectivity index is 1.97. The smallest absolute Gasteiger partial charge is 0.318 e. The minimum absolute atomic E-state index is 0.0779. The van der Waals surface area contributed by atoms with E-state index in [0.29, 0.717) is 13.0 Å². The third kappa shape index (κ3) is 3.61. The van der Waals surface area contributed by atoms with E-state index in [2.05, 4.69) is 5.32 Å². The zero-order valence-electron chi connectivity index (χ0n) is 11.4. The number of nitrogens with one attached hydrogen (secondary N) is 1. The van der Waals surface area contributed by atoms with Gasteiger partial charge >= 0.3 is 12.0 Å². The van der Waals surface area contributed by atoms with E-state index < -0.39 is 17.9 Å². The standard InChI is InChI=1S/C13H21N3O4/c14-12(19)10-3-1-2-6-16(10)13(20)15-9(7-11(17)18)8-4-5-8/h8-10H,1-7H2,(H2,14,19)(H,15,20)(H,17,18). The Hall–Kier alpha value is -1.79. The first-order valence-electron chi connectivity index (χ1n) is 7.07. The second-order valence-electron chi connectivity index (χ2n) is 5.60. The highest BCUT2D eigenvalue weighted by atomic mass is 16.4. The lowest BCUT2D eigenvalue weighted by molar-refractivity contribution is -0.137. The van der Waals surface area contributed by atoms with Crippen LogP contribution in [0.4, 0.5) is 4.79 Å². The number of carbonyl (C=O) groups excluding carboxylic acids is 2. The van der Waals surface area contributed by atoms with Crippen molar-refractivity contribution in [1.82, 2.24) is 10.2 Å². The Morgan fingerprint density at radius 2 is 1.95 bits per heavy atom. The molecule has 7 heteroatoms. The summed E-state index contributed by atoms with van der Waals surface area (Å²) in [5.74, 6) is -1.18. The number of hydrogen-bond acceptors (Lipinski definition) is 3. The highest BCUT2D eigenvalue weighted by Crippen LogP contribution is 2.34. The molecule has 1 saturated carbocycles. The molecule has 0 radical (unpaired) electrons. The molecule has 2 aliphatic rings. The Labute approximate surface area is 117 Å². The van der Waals surface area contributed by atoms with Crippen LogP contribution >= 0.6 is 0 Å². The Kier molecular flexibility index (Phi) is 4.46. The van der Waals surface area contributed by atoms with Crippen molar-refractivity contribution in [2.75, 3.05) is 6.54 Å². The van der Waals surface area contributed by atoms with Gasteiger partial charge in [-0.1, -0.05) is 0 Å². The number of piperidine rings is 1. The first-order valence-corrected chi connectivity index (χ1v) is 7.07. The first-order chi connectivity index (χ1) is 9.49. The maximum atomic E-state index is 12.3. The fraction of sp³-hybridized carbons (Fsp3) is 0.769. The van der Waals surface area contributed by atoms with Crippen molar-refractivity contribution in [3.63, 3.8) is 0 Å². The maximum Gasteiger partial charge on any atom is 0.318 e. The molecule has 0 bridgehead atoms. The van der Waals surface area contributed by atoms with Crippen LogP contribution in [0.2, 0.25) is 0 Å². The van der Waals surface area contributed by atoms with Gasteiger partial charge in [0.05, 0.1) is 6.42 Å². The highest BCUT2D eigenvalue weighted by Gasteiger charge is 2.37. The van der Waals surface area contributed by atoms with Crippen LogP contribution in [-0.4, -0.2) is 46.5 Å². The van der Waals surface area contributed by atoms with E-state index >= 15 is 0 Å². The summed E-state index contributed by atoms with van der Waals surface area (Å²) in [6.45, 7) is 0.490. The van der Waals surface area contributed by atoms with Crippen molar-refractivity contribution in [2.45, 2.75) is 50.6 Å². The Morgan fingerprint density at radius 1 is 1.25 bits per heavy atom. The van der Waals surface area contributed by atoms with E-state index in [-0.39, 0.29) is 24.4 Å². The van der Waals surface area contributed by atoms with E-state index in [0.717, 1.165) is 25.7 Å². The van der Waals surface area contributed by atoms with Crippen molar-refractivity contribution in [1.29, 1.82) is 0 Å². The third-order valence-corrected chi connectivity index (χ3v) is 3.99. The number of rotatable bonds is 5. The second-order valence-corrected chi connectivity index (χ2v) is 5.60. The molecule has 0 aromatic carbocycles. The molecule has 2 atom stereocenters. The Morgan fingerprint density at radius 3 is 2.50 bits per heavy atom. The van der Waals surface area contributed by atoms with Crippen LogP contribution in [0.25, 0.3) is 0 Å². The summed E-state index contributed by atoms with van der Waals surface area (Å²) in [5.41, 5.74) is 5.32. The molecule has 20 heavy (non-hydrogen) atoms. The van der Waals surface area contributed by atoms with Crippen molar-refractivity contribution >= 4 is 17.9 Å². The zero-order valence-corrected chi connectivity index (χ0v) is 11.4. The van der Waals surface area contributed by atoms with E-state index in [1.807, 2.05) is 0 Å². The van der Waals surface area contributed by atoms with Gasteiger partial charge in [0.15, 0.2) is 0 Å². The normalized spacial score (nSPS) is 24.0. The number of carboxylic acids is 1. The molecule has 1 aliphatic heterocycles. The second kappa shape index (κ2) is 6.11. The summed E-state index contributed by atoms with van der Waals surface area (Å²) < 4.78 is 0. The van der Waals surface area contributed by atoms with Gasteiger partial charge in [-0.05, 0) is 38.0 Å². The molecule has 4 N–H and O–H groups in total. The molecule has 1 heterocycles. The molecule has 2 rings (SSSR count). The van der Waals surface area contributed by atoms with E-state index in [4.69, 9.17) is 10.8 Å². The average Bonchev–Trinajstić information content (AvgIpc) is 3.21. The lowest BCUT2D eigenvalue weighted by atomic mass is 10.0. The van der Waals surface area contributed by atoms with Crippen LogP contribution in [0.3, 0.4) is 0 Å². The number of carbonyl (C=O) groups is 3. The van der Waals surface area contributed by atoms with E-state index in [1.54, 1.807) is 0 Å². The molecule has 2 fully saturated rings. The fourth-order valence-electron chi connectivity index (χ4n) is 2.73. The van der Waals surface area contributed by atoms with Gasteiger partial charge in [-0.15, -0.1) is 0 Å². The van der Waals surface area contributed by atoms with Crippen LogP contribution in [0.5, 0.6) is 0 Å². The van der Waals surface area contributed by atoms with Crippen LogP contribution in [0.1, 0.15) is 38.5 Å². The van der Waals surface area contributed by atoms with Crippen molar-refractivity contribution in [3.05, 3.63) is 0 Å². The van der Waals surface area contributed by atoms with Crippen molar-refractivity contribution < 1.29 is 19.5 Å². The molecule has 1 aliphatic carbocycles. The van der Waals surface area contributed by atoms with Gasteiger partial charge in [-0.2, -0.15) is 0 Å². The lowest BCUT2D eigenvalue weighted by Crippen LogP contribution is -2.55. The monoisotopic (exact) mass is 283 g/mol. The van der Waals surface area contributed by atoms with Crippen LogP contribution in [0.15, 0.2) is 0 Å². The first kappa shape index (κ1) is 14.6. The number of nitrogens with zero attached hydrogens (tertiary/aromatic N) is 1. The predicted octanol–water partition coefficient (Wildman–Crippen LogP) is 0.289. The number of likely N-dealkylation sites (tertiary alicyclic amines) is 1. The molecule has 112 valence electrons. The summed E-state index contributed by atoms with van der Waals surface area (Å²) in [7, 11) is 0. The number of urea groups is 1. The van der Waals surface area contributed by atoms with Gasteiger partial charge in [0.1, 0.15) is 6.04 Å². The lowest BCUT2D eigenvalue weighted by Gasteiger charge is -2.34. The molecular weight excluding hydrogens is 262 g/mol. The van der Waals surface area contributed by atoms with Gasteiger partial charge in [-0.25, -0.2) is 4.79 Å². The molecule has 7 nitrogen and oxygen atoms in total. The van der Waals surface area contributed by atoms with Gasteiger partial charge in [0, 0.05) is 12.6 Å². The minimum Gasteiger partial charge on any atom is -0.481 e. The summed E-state index contributed by atoms with van der Waals surface area (Å²) in [6, 6.07) is -1.30. The van der Waals surface area contributed by atoms with Crippen molar-refractivity contribution in [2.24, 2.45) is 11.7 Å². The van der Waals surface area contributed by atoms with Gasteiger partial charge < -0.3 is 21.1 Å². The molecule has 0 spiro atoms. The van der Waals surface area contributed by atoms with Gasteiger partial charge in [-0.3, -0.25) is 9.59 Å². The Bertz CT molecular complexity index is 408. The fourth-order valence-corrected chi connectivity index (χ4v) is 2.73. The zero-order chi connectivity index (χ0) is 14.7. The summed E-state index contributed by atoms with van der Waals surface area (Å²) in [6.07, 6.45) is 4.10. The van der Waals surface area contributed by atoms with Crippen molar-refractivity contribution in [3.8, 4) is 0 Å². The van der Waals surface area contributed by atoms with Crippen LogP contribution < -0.4 is 11.1 Å². The molecule has 0 aromatic heterocycles. The van der Waals surface area contributed by atoms with E-state index in [9.17, 15) is 14.4 Å². The molecular formula is C13H21N3O4. The summed E-state index contributed by atoms with van der Waals surface area (Å²) in [5, 5.41) is 11.6. The predicted molar refractivity (Wildman–Crippen MR) is 70.8 cm³/mol. The summed E-state index contributed by atoms with van der Waals surface area (Å²) in [4.78, 5) is 35.9. The quantitative estimate of drug-likeness (QED) is 0.673. The number of amides is 3. The molecule has 2 unspecified atom stereocenters. The minimum atomic E-state index is -0.924. The summed E-state index contributed by atoms with van der Waals surface area (Å²) >= 11 is 0. The number of primary amides is 1. The number of hydrogen-bond donors (Lipinski definition) is 3. The number of carboxylic acid groups (broad SMARTS) is 1. The molecule has 1 saturated heterocycles. The molecule has 0 aromatic rings. The molecule has 3 amide bonds. The number of nitrogens with two attached hydrogens (primary N) is 1. The third-order valence-electron chi connectivity index (χ3n) is 3.99. The van der Waals surface area contributed by atoms with Crippen LogP contribution in [-0.2, 0) is 9.59 Å². The maximum absolute atomic E-state index is 12.3. The van der Waals surface area contributed by atoms with Gasteiger partial charge in [0.2, 0.25) is 5.91 Å². The highest BCUT2D eigenvalue weighted by molar-refractivity contribution is 5.86. The topological polar surface area (TPSA) is 113 Å². The van der Waals surface area contributed by atoms with Gasteiger partial charge in [0.25, 0.3) is 0 Å². The van der Waals surface area contributed by atoms with Crippen LogP contribution in [0, 0.1) is 5.92 Å².